The third-order valence-corrected chi connectivity index (χ3v) is 5.69. The van der Waals surface area contributed by atoms with E-state index in [1.807, 2.05) is 11.9 Å². The molecular formula is C23H27N5O4. The first-order chi connectivity index (χ1) is 15.5. The number of fused-ring (bicyclic) bond motifs is 1. The first-order valence-corrected chi connectivity index (χ1v) is 10.8. The van der Waals surface area contributed by atoms with Crippen molar-refractivity contribution in [3.05, 3.63) is 42.2 Å². The lowest BCUT2D eigenvalue weighted by atomic mass is 9.94. The highest BCUT2D eigenvalue weighted by Crippen LogP contribution is 2.28. The van der Waals surface area contributed by atoms with Gasteiger partial charge < -0.3 is 24.7 Å². The molecule has 2 N–H and O–H groups in total. The summed E-state index contributed by atoms with van der Waals surface area (Å²) >= 11 is 0. The lowest BCUT2D eigenvalue weighted by Gasteiger charge is -2.31. The van der Waals surface area contributed by atoms with Crippen LogP contribution in [0.4, 0.5) is 6.01 Å². The number of anilines is 1. The van der Waals surface area contributed by atoms with Crippen molar-refractivity contribution in [2.24, 2.45) is 0 Å². The Hall–Kier alpha value is -3.62. The highest BCUT2D eigenvalue weighted by molar-refractivity contribution is 5.92. The predicted molar refractivity (Wildman–Crippen MR) is 120 cm³/mol. The minimum absolute atomic E-state index is 0.0211. The predicted octanol–water partition coefficient (Wildman–Crippen LogP) is 3.58. The van der Waals surface area contributed by atoms with Crippen LogP contribution in [0.1, 0.15) is 42.6 Å². The maximum absolute atomic E-state index is 12.5. The smallest absolute Gasteiger partial charge is 0.296 e. The molecule has 9 heteroatoms. The molecule has 0 spiro atoms. The van der Waals surface area contributed by atoms with Gasteiger partial charge in [0.15, 0.2) is 5.58 Å². The second kappa shape index (κ2) is 9.67. The van der Waals surface area contributed by atoms with Crippen LogP contribution in [0.15, 0.2) is 40.9 Å². The molecule has 0 aliphatic heterocycles. The number of hydrogen-bond acceptors (Lipinski definition) is 7. The zero-order chi connectivity index (χ0) is 22.5. The van der Waals surface area contributed by atoms with Gasteiger partial charge in [-0.3, -0.25) is 14.6 Å². The molecule has 1 saturated carbocycles. The number of amides is 2. The standard InChI is InChI=1S/C23H27N5O4/c1-24-22(30)19-12-17(10-11-25-19)31-16-8-9-18-20(13-16)32-23(27-18)26-14-21(29)28(2)15-6-4-3-5-7-15/h8-13,15H,3-7,14H2,1-2H3,(H,24,30)(H,26,27). The van der Waals surface area contributed by atoms with Crippen LogP contribution in [-0.2, 0) is 4.79 Å². The Bertz CT molecular complexity index is 1110. The Morgan fingerprint density at radius 2 is 1.94 bits per heavy atom. The molecule has 0 radical (unpaired) electrons. The number of likely N-dealkylation sites (N-methyl/N-ethyl adjacent to an activating group) is 1. The van der Waals surface area contributed by atoms with Gasteiger partial charge >= 0.3 is 0 Å². The molecule has 1 aliphatic rings. The SMILES string of the molecule is CNC(=O)c1cc(Oc2ccc3nc(NCC(=O)N(C)C4CCCCC4)oc3c2)ccn1. The van der Waals surface area contributed by atoms with E-state index in [9.17, 15) is 9.59 Å². The van der Waals surface area contributed by atoms with Gasteiger partial charge in [-0.05, 0) is 31.0 Å². The van der Waals surface area contributed by atoms with Crippen LogP contribution in [0.2, 0.25) is 0 Å². The largest absolute Gasteiger partial charge is 0.457 e. The summed E-state index contributed by atoms with van der Waals surface area (Å²) in [6.07, 6.45) is 7.25. The molecule has 168 valence electrons. The molecule has 32 heavy (non-hydrogen) atoms. The van der Waals surface area contributed by atoms with Crippen molar-refractivity contribution in [1.29, 1.82) is 0 Å². The van der Waals surface area contributed by atoms with E-state index in [1.165, 1.54) is 25.5 Å². The van der Waals surface area contributed by atoms with Crippen molar-refractivity contribution < 1.29 is 18.7 Å². The molecule has 0 unspecified atom stereocenters. The highest BCUT2D eigenvalue weighted by Gasteiger charge is 2.22. The normalized spacial score (nSPS) is 14.2. The summed E-state index contributed by atoms with van der Waals surface area (Å²) in [5.74, 6) is 0.739. The van der Waals surface area contributed by atoms with Crippen molar-refractivity contribution in [3.8, 4) is 11.5 Å². The molecule has 9 nitrogen and oxygen atoms in total. The molecule has 2 amide bonds. The van der Waals surface area contributed by atoms with Crippen molar-refractivity contribution in [1.82, 2.24) is 20.2 Å². The molecule has 0 atom stereocenters. The van der Waals surface area contributed by atoms with Gasteiger partial charge in [0.1, 0.15) is 22.7 Å². The summed E-state index contributed by atoms with van der Waals surface area (Å²) in [6.45, 7) is 0.127. The maximum atomic E-state index is 12.5. The molecule has 3 aromatic rings. The monoisotopic (exact) mass is 437 g/mol. The molecule has 1 aromatic carbocycles. The van der Waals surface area contributed by atoms with E-state index in [1.54, 1.807) is 37.4 Å². The lowest BCUT2D eigenvalue weighted by Crippen LogP contribution is -2.41. The number of rotatable bonds is 7. The van der Waals surface area contributed by atoms with E-state index in [0.717, 1.165) is 12.8 Å². The topological polar surface area (TPSA) is 110 Å². The summed E-state index contributed by atoms with van der Waals surface area (Å²) in [6, 6.07) is 9.08. The number of nitrogens with zero attached hydrogens (tertiary/aromatic N) is 3. The third-order valence-electron chi connectivity index (χ3n) is 5.69. The Morgan fingerprint density at radius 1 is 1.16 bits per heavy atom. The Kier molecular flexibility index (Phi) is 6.53. The average Bonchev–Trinajstić information content (AvgIpc) is 3.24. The lowest BCUT2D eigenvalue weighted by molar-refractivity contribution is -0.130. The Morgan fingerprint density at radius 3 is 2.72 bits per heavy atom. The van der Waals surface area contributed by atoms with Crippen molar-refractivity contribution in [2.75, 3.05) is 26.0 Å². The number of nitrogens with one attached hydrogen (secondary N) is 2. The number of benzene rings is 1. The molecule has 4 rings (SSSR count). The number of oxazole rings is 1. The van der Waals surface area contributed by atoms with Crippen molar-refractivity contribution >= 4 is 28.9 Å². The van der Waals surface area contributed by atoms with Crippen LogP contribution in [0.3, 0.4) is 0 Å². The molecule has 2 aromatic heterocycles. The summed E-state index contributed by atoms with van der Waals surface area (Å²) in [5, 5.41) is 5.52. The maximum Gasteiger partial charge on any atom is 0.296 e. The number of carbonyl (C=O) groups is 2. The van der Waals surface area contributed by atoms with Gasteiger partial charge in [-0.25, -0.2) is 0 Å². The van der Waals surface area contributed by atoms with Gasteiger partial charge in [-0.1, -0.05) is 19.3 Å². The fraction of sp³-hybridized carbons (Fsp3) is 0.391. The summed E-state index contributed by atoms with van der Waals surface area (Å²) in [4.78, 5) is 34.5. The van der Waals surface area contributed by atoms with E-state index < -0.39 is 0 Å². The van der Waals surface area contributed by atoms with Gasteiger partial charge in [0.2, 0.25) is 5.91 Å². The Labute approximate surface area is 186 Å². The first-order valence-electron chi connectivity index (χ1n) is 10.8. The Balaban J connectivity index is 1.39. The van der Waals surface area contributed by atoms with Gasteiger partial charge in [0, 0.05) is 38.5 Å². The van der Waals surface area contributed by atoms with E-state index >= 15 is 0 Å². The highest BCUT2D eigenvalue weighted by atomic mass is 16.5. The van der Waals surface area contributed by atoms with Crippen LogP contribution in [0.25, 0.3) is 11.1 Å². The van der Waals surface area contributed by atoms with Crippen molar-refractivity contribution in [3.63, 3.8) is 0 Å². The van der Waals surface area contributed by atoms with Gasteiger partial charge in [0.25, 0.3) is 11.9 Å². The molecule has 2 heterocycles. The van der Waals surface area contributed by atoms with E-state index in [-0.39, 0.29) is 30.1 Å². The van der Waals surface area contributed by atoms with Gasteiger partial charge in [0.05, 0.1) is 6.54 Å². The molecule has 1 fully saturated rings. The third kappa shape index (κ3) is 4.99. The zero-order valence-corrected chi connectivity index (χ0v) is 18.3. The van der Waals surface area contributed by atoms with Crippen LogP contribution in [0, 0.1) is 0 Å². The van der Waals surface area contributed by atoms with Crippen LogP contribution >= 0.6 is 0 Å². The quantitative estimate of drug-likeness (QED) is 0.581. The second-order valence-electron chi connectivity index (χ2n) is 7.86. The minimum atomic E-state index is -0.291. The fourth-order valence-corrected chi connectivity index (χ4v) is 3.85. The van der Waals surface area contributed by atoms with E-state index in [4.69, 9.17) is 9.15 Å². The minimum Gasteiger partial charge on any atom is -0.457 e. The zero-order valence-electron chi connectivity index (χ0n) is 18.3. The molecular weight excluding hydrogens is 410 g/mol. The number of aromatic nitrogens is 2. The summed E-state index contributed by atoms with van der Waals surface area (Å²) in [5.41, 5.74) is 1.44. The number of hydrogen-bond donors (Lipinski definition) is 2. The van der Waals surface area contributed by atoms with Crippen LogP contribution in [-0.4, -0.2) is 53.4 Å². The fourth-order valence-electron chi connectivity index (χ4n) is 3.85. The molecule has 0 saturated heterocycles. The second-order valence-corrected chi connectivity index (χ2v) is 7.86. The van der Waals surface area contributed by atoms with Gasteiger partial charge in [-0.15, -0.1) is 0 Å². The van der Waals surface area contributed by atoms with Gasteiger partial charge in [-0.2, -0.15) is 4.98 Å². The molecule has 0 bridgehead atoms. The van der Waals surface area contributed by atoms with Crippen LogP contribution in [0.5, 0.6) is 11.5 Å². The van der Waals surface area contributed by atoms with E-state index in [0.29, 0.717) is 28.6 Å². The first kappa shape index (κ1) is 21.6. The van der Waals surface area contributed by atoms with E-state index in [2.05, 4.69) is 20.6 Å². The van der Waals surface area contributed by atoms with Crippen molar-refractivity contribution in [2.45, 2.75) is 38.1 Å². The number of ether oxygens (including phenoxy) is 1. The summed E-state index contributed by atoms with van der Waals surface area (Å²) < 4.78 is 11.6. The number of pyridine rings is 1. The summed E-state index contributed by atoms with van der Waals surface area (Å²) in [7, 11) is 3.41. The number of carbonyl (C=O) groups excluding carboxylic acids is 2. The molecule has 1 aliphatic carbocycles. The average molecular weight is 438 g/mol. The van der Waals surface area contributed by atoms with Crippen LogP contribution < -0.4 is 15.4 Å².